The predicted octanol–water partition coefficient (Wildman–Crippen LogP) is 2.93. The molecule has 0 atom stereocenters. The number of hydrogen-bond acceptors (Lipinski definition) is 4. The third-order valence-corrected chi connectivity index (χ3v) is 6.45. The molecule has 0 amide bonds. The van der Waals surface area contributed by atoms with Crippen LogP contribution in [0.15, 0.2) is 53.4 Å². The van der Waals surface area contributed by atoms with Gasteiger partial charge in [0.1, 0.15) is 18.2 Å². The number of piperidine rings is 1. The van der Waals surface area contributed by atoms with Crippen molar-refractivity contribution in [3.05, 3.63) is 59.9 Å². The summed E-state index contributed by atoms with van der Waals surface area (Å²) in [4.78, 5) is 0.326. The molecule has 4 nitrogen and oxygen atoms in total. The van der Waals surface area contributed by atoms with Crippen molar-refractivity contribution < 1.29 is 17.5 Å². The Bertz CT molecular complexity index is 784. The van der Waals surface area contributed by atoms with Crippen LogP contribution in [0, 0.1) is 5.82 Å². The van der Waals surface area contributed by atoms with Crippen molar-refractivity contribution in [1.82, 2.24) is 5.32 Å². The molecule has 2 aromatic rings. The number of benzene rings is 2. The molecule has 0 bridgehead atoms. The van der Waals surface area contributed by atoms with Crippen LogP contribution in [0.5, 0.6) is 5.75 Å². The summed E-state index contributed by atoms with van der Waals surface area (Å²) in [6.07, 6.45) is 1.28. The van der Waals surface area contributed by atoms with Gasteiger partial charge in [0.2, 0.25) is 0 Å². The van der Waals surface area contributed by atoms with Gasteiger partial charge in [0.05, 0.1) is 10.1 Å². The molecule has 0 unspecified atom stereocenters. The van der Waals surface area contributed by atoms with Crippen LogP contribution in [0.25, 0.3) is 0 Å². The van der Waals surface area contributed by atoms with E-state index in [-0.39, 0.29) is 17.7 Å². The van der Waals surface area contributed by atoms with E-state index in [1.807, 2.05) is 0 Å². The lowest BCUT2D eigenvalue weighted by Crippen LogP contribution is -2.35. The topological polar surface area (TPSA) is 55.4 Å². The van der Waals surface area contributed by atoms with E-state index in [0.29, 0.717) is 23.5 Å². The minimum atomic E-state index is -3.30. The molecule has 0 saturated carbocycles. The quantitative estimate of drug-likeness (QED) is 0.902. The molecule has 0 aromatic heterocycles. The normalized spacial score (nSPS) is 16.0. The zero-order valence-electron chi connectivity index (χ0n) is 13.2. The average molecular weight is 349 g/mol. The maximum absolute atomic E-state index is 13.1. The van der Waals surface area contributed by atoms with Crippen LogP contribution in [-0.2, 0) is 16.4 Å². The fourth-order valence-electron chi connectivity index (χ4n) is 2.82. The van der Waals surface area contributed by atoms with Crippen LogP contribution in [0.3, 0.4) is 0 Å². The van der Waals surface area contributed by atoms with Crippen LogP contribution in [0.2, 0.25) is 0 Å². The van der Waals surface area contributed by atoms with Gasteiger partial charge in [0, 0.05) is 0 Å². The molecule has 3 rings (SSSR count). The van der Waals surface area contributed by atoms with Crippen molar-refractivity contribution in [3.8, 4) is 5.75 Å². The summed E-state index contributed by atoms with van der Waals surface area (Å²) in [6, 6.07) is 12.7. The Balaban J connectivity index is 1.66. The van der Waals surface area contributed by atoms with Crippen molar-refractivity contribution in [2.45, 2.75) is 29.6 Å². The zero-order valence-corrected chi connectivity index (χ0v) is 14.1. The highest BCUT2D eigenvalue weighted by molar-refractivity contribution is 7.92. The first-order chi connectivity index (χ1) is 11.6. The predicted molar refractivity (Wildman–Crippen MR) is 90.3 cm³/mol. The Morgan fingerprint density at radius 2 is 1.79 bits per heavy atom. The number of rotatable bonds is 5. The van der Waals surface area contributed by atoms with E-state index < -0.39 is 9.84 Å². The summed E-state index contributed by atoms with van der Waals surface area (Å²) >= 11 is 0. The first-order valence-electron chi connectivity index (χ1n) is 7.97. The first-order valence-corrected chi connectivity index (χ1v) is 9.52. The Kier molecular flexibility index (Phi) is 5.16. The Labute approximate surface area is 141 Å². The van der Waals surface area contributed by atoms with E-state index in [4.69, 9.17) is 4.74 Å². The number of sulfone groups is 1. The highest BCUT2D eigenvalue weighted by atomic mass is 32.2. The molecule has 1 aliphatic heterocycles. The highest BCUT2D eigenvalue weighted by Gasteiger charge is 2.28. The Hall–Kier alpha value is -1.92. The number of hydrogen-bond donors (Lipinski definition) is 1. The van der Waals surface area contributed by atoms with Crippen LogP contribution >= 0.6 is 0 Å². The number of halogens is 1. The van der Waals surface area contributed by atoms with Gasteiger partial charge in [-0.3, -0.25) is 0 Å². The molecule has 1 N–H and O–H groups in total. The molecule has 1 heterocycles. The van der Waals surface area contributed by atoms with Gasteiger partial charge in [0.25, 0.3) is 0 Å². The van der Waals surface area contributed by atoms with E-state index in [9.17, 15) is 12.8 Å². The monoisotopic (exact) mass is 349 g/mol. The summed E-state index contributed by atoms with van der Waals surface area (Å²) in [5.74, 6) is 0.253. The van der Waals surface area contributed by atoms with Gasteiger partial charge >= 0.3 is 0 Å². The van der Waals surface area contributed by atoms with Gasteiger partial charge in [-0.1, -0.05) is 12.1 Å². The molecular formula is C18H20FNO3S. The highest BCUT2D eigenvalue weighted by Crippen LogP contribution is 2.24. The molecular weight excluding hydrogens is 329 g/mol. The molecule has 0 aliphatic carbocycles. The molecule has 2 aromatic carbocycles. The number of nitrogens with one attached hydrogen (secondary N) is 1. The Morgan fingerprint density at radius 1 is 1.08 bits per heavy atom. The van der Waals surface area contributed by atoms with Crippen molar-refractivity contribution in [2.75, 3.05) is 13.1 Å². The Morgan fingerprint density at radius 3 is 2.46 bits per heavy atom. The third-order valence-electron chi connectivity index (χ3n) is 4.17. The van der Waals surface area contributed by atoms with Gasteiger partial charge in [-0.15, -0.1) is 0 Å². The fourth-order valence-corrected chi connectivity index (χ4v) is 4.57. The van der Waals surface area contributed by atoms with E-state index in [2.05, 4.69) is 5.32 Å². The number of ether oxygens (including phenoxy) is 1. The minimum absolute atomic E-state index is 0.234. The largest absolute Gasteiger partial charge is 0.489 e. The van der Waals surface area contributed by atoms with Gasteiger partial charge < -0.3 is 10.1 Å². The lowest BCUT2D eigenvalue weighted by Gasteiger charge is -2.22. The molecule has 24 heavy (non-hydrogen) atoms. The molecule has 1 aliphatic rings. The summed E-state index contributed by atoms with van der Waals surface area (Å²) < 4.78 is 43.9. The van der Waals surface area contributed by atoms with Gasteiger partial charge in [-0.2, -0.15) is 0 Å². The van der Waals surface area contributed by atoms with Crippen LogP contribution in [0.1, 0.15) is 18.4 Å². The van der Waals surface area contributed by atoms with E-state index in [1.54, 1.807) is 36.4 Å². The summed E-state index contributed by atoms with van der Waals surface area (Å²) in [7, 11) is -3.30. The van der Waals surface area contributed by atoms with E-state index >= 15 is 0 Å². The van der Waals surface area contributed by atoms with Gasteiger partial charge in [-0.25, -0.2) is 12.8 Å². The van der Waals surface area contributed by atoms with Gasteiger partial charge in [0.15, 0.2) is 9.84 Å². The van der Waals surface area contributed by atoms with Crippen LogP contribution in [-0.4, -0.2) is 26.8 Å². The summed E-state index contributed by atoms with van der Waals surface area (Å²) in [5.41, 5.74) is 0.724. The lowest BCUT2D eigenvalue weighted by atomic mass is 10.2. The SMILES string of the molecule is O=S(=O)(c1ccc(OCc2cccc(F)c2)cc1)C1CCNCC1. The first kappa shape index (κ1) is 16.9. The van der Waals surface area contributed by atoms with Crippen molar-refractivity contribution >= 4 is 9.84 Å². The molecule has 128 valence electrons. The van der Waals surface area contributed by atoms with Crippen molar-refractivity contribution in [1.29, 1.82) is 0 Å². The molecule has 0 radical (unpaired) electrons. The summed E-state index contributed by atoms with van der Waals surface area (Å²) in [6.45, 7) is 1.70. The fraction of sp³-hybridized carbons (Fsp3) is 0.333. The zero-order chi connectivity index (χ0) is 17.0. The van der Waals surface area contributed by atoms with Crippen molar-refractivity contribution in [2.24, 2.45) is 0 Å². The maximum atomic E-state index is 13.1. The molecule has 6 heteroatoms. The molecule has 0 spiro atoms. The second kappa shape index (κ2) is 7.32. The van der Waals surface area contributed by atoms with E-state index in [1.165, 1.54) is 12.1 Å². The standard InChI is InChI=1S/C18H20FNO3S/c19-15-3-1-2-14(12-15)13-23-16-4-6-17(7-5-16)24(21,22)18-8-10-20-11-9-18/h1-7,12,18,20H,8-11,13H2. The summed E-state index contributed by atoms with van der Waals surface area (Å²) in [5, 5.41) is 2.85. The van der Waals surface area contributed by atoms with Crippen molar-refractivity contribution in [3.63, 3.8) is 0 Å². The molecule has 1 fully saturated rings. The average Bonchev–Trinajstić information content (AvgIpc) is 2.61. The smallest absolute Gasteiger partial charge is 0.181 e. The second-order valence-corrected chi connectivity index (χ2v) is 8.11. The molecule has 1 saturated heterocycles. The third kappa shape index (κ3) is 3.94. The van der Waals surface area contributed by atoms with Crippen LogP contribution in [0.4, 0.5) is 4.39 Å². The second-order valence-electron chi connectivity index (χ2n) is 5.88. The maximum Gasteiger partial charge on any atom is 0.181 e. The minimum Gasteiger partial charge on any atom is -0.489 e. The van der Waals surface area contributed by atoms with Gasteiger partial charge in [-0.05, 0) is 67.9 Å². The van der Waals surface area contributed by atoms with Crippen LogP contribution < -0.4 is 10.1 Å². The lowest BCUT2D eigenvalue weighted by molar-refractivity contribution is 0.305. The van der Waals surface area contributed by atoms with E-state index in [0.717, 1.165) is 18.7 Å².